The maximum atomic E-state index is 13.2. The molecule has 2 aromatic carbocycles. The predicted octanol–water partition coefficient (Wildman–Crippen LogP) is 3.37. The van der Waals surface area contributed by atoms with Gasteiger partial charge in [-0.1, -0.05) is 31.0 Å². The van der Waals surface area contributed by atoms with Crippen molar-refractivity contribution in [3.05, 3.63) is 64.1 Å². The second kappa shape index (κ2) is 9.84. The number of amides is 1. The molecule has 1 saturated heterocycles. The Bertz CT molecular complexity index is 1330. The Morgan fingerprint density at radius 3 is 2.58 bits per heavy atom. The lowest BCUT2D eigenvalue weighted by atomic mass is 10.2. The molecule has 3 aromatic rings. The van der Waals surface area contributed by atoms with Crippen LogP contribution in [0.25, 0.3) is 11.0 Å². The molecule has 8 nitrogen and oxygen atoms in total. The highest BCUT2D eigenvalue weighted by Gasteiger charge is 2.27. The first-order valence-corrected chi connectivity index (χ1v) is 12.7. The molecule has 2 N–H and O–H groups in total. The number of H-pyrrole nitrogens is 1. The number of hydrogen-bond acceptors (Lipinski definition) is 5. The molecule has 0 aliphatic carbocycles. The molecule has 1 amide bonds. The van der Waals surface area contributed by atoms with E-state index < -0.39 is 10.0 Å². The van der Waals surface area contributed by atoms with Crippen molar-refractivity contribution in [1.82, 2.24) is 14.3 Å². The summed E-state index contributed by atoms with van der Waals surface area (Å²) in [6.07, 6.45) is 4.02. The van der Waals surface area contributed by atoms with Crippen molar-refractivity contribution in [2.75, 3.05) is 18.4 Å². The fraction of sp³-hybridized carbons (Fsp3) is 0.375. The molecule has 2 heterocycles. The van der Waals surface area contributed by atoms with Gasteiger partial charge in [-0.05, 0) is 49.6 Å². The van der Waals surface area contributed by atoms with Crippen LogP contribution in [0.3, 0.4) is 0 Å². The van der Waals surface area contributed by atoms with Gasteiger partial charge in [0.25, 0.3) is 5.56 Å². The van der Waals surface area contributed by atoms with E-state index in [1.807, 2.05) is 12.1 Å². The van der Waals surface area contributed by atoms with Gasteiger partial charge in [-0.15, -0.1) is 0 Å². The molecule has 4 rings (SSSR count). The zero-order valence-electron chi connectivity index (χ0n) is 18.6. The Morgan fingerprint density at radius 2 is 1.82 bits per heavy atom. The Labute approximate surface area is 193 Å². The lowest BCUT2D eigenvalue weighted by Crippen LogP contribution is -2.32. The van der Waals surface area contributed by atoms with Crippen molar-refractivity contribution in [2.45, 2.75) is 50.3 Å². The van der Waals surface area contributed by atoms with Gasteiger partial charge in [0.15, 0.2) is 0 Å². The third kappa shape index (κ3) is 5.31. The van der Waals surface area contributed by atoms with Crippen LogP contribution in [0, 0.1) is 6.92 Å². The molecule has 0 spiro atoms. The number of carbonyl (C=O) groups excluding carboxylic acids is 1. The zero-order chi connectivity index (χ0) is 23.4. The smallest absolute Gasteiger partial charge is 0.270 e. The maximum Gasteiger partial charge on any atom is 0.270 e. The fourth-order valence-corrected chi connectivity index (χ4v) is 5.84. The first-order chi connectivity index (χ1) is 15.8. The summed E-state index contributed by atoms with van der Waals surface area (Å²) in [5.74, 6) is -0.314. The number of anilines is 1. The van der Waals surface area contributed by atoms with E-state index in [9.17, 15) is 18.0 Å². The number of sulfonamides is 1. The standard InChI is InChI=1S/C24H28N4O4S/c1-17-10-11-18(16-22(17)33(31,32)28-14-6-2-3-7-15-28)25-23(29)13-12-21-24(30)27-20-9-5-4-8-19(20)26-21/h4-5,8-11,16H,2-3,6-7,12-15H2,1H3,(H,25,29)(H,27,30). The molecule has 174 valence electrons. The number of nitrogens with zero attached hydrogens (tertiary/aromatic N) is 2. The number of benzene rings is 2. The van der Waals surface area contributed by atoms with Crippen LogP contribution in [0.15, 0.2) is 52.2 Å². The second-order valence-electron chi connectivity index (χ2n) is 8.38. The molecule has 0 bridgehead atoms. The van der Waals surface area contributed by atoms with Gasteiger partial charge in [-0.3, -0.25) is 9.59 Å². The van der Waals surface area contributed by atoms with Crippen LogP contribution in [-0.4, -0.2) is 41.7 Å². The van der Waals surface area contributed by atoms with Gasteiger partial charge in [0.05, 0.1) is 15.9 Å². The first kappa shape index (κ1) is 23.1. The third-order valence-corrected chi connectivity index (χ3v) is 7.95. The second-order valence-corrected chi connectivity index (χ2v) is 10.3. The topological polar surface area (TPSA) is 112 Å². The number of para-hydroxylation sites is 2. The van der Waals surface area contributed by atoms with E-state index in [2.05, 4.69) is 15.3 Å². The quantitative estimate of drug-likeness (QED) is 0.576. The van der Waals surface area contributed by atoms with E-state index in [4.69, 9.17) is 0 Å². The van der Waals surface area contributed by atoms with Crippen molar-refractivity contribution in [3.8, 4) is 0 Å². The maximum absolute atomic E-state index is 13.2. The molecule has 0 unspecified atom stereocenters. The first-order valence-electron chi connectivity index (χ1n) is 11.2. The summed E-state index contributed by atoms with van der Waals surface area (Å²) >= 11 is 0. The van der Waals surface area contributed by atoms with Crippen LogP contribution in [-0.2, 0) is 21.2 Å². The van der Waals surface area contributed by atoms with Crippen molar-refractivity contribution in [1.29, 1.82) is 0 Å². The molecule has 0 atom stereocenters. The van der Waals surface area contributed by atoms with E-state index >= 15 is 0 Å². The molecule has 1 aromatic heterocycles. The summed E-state index contributed by atoms with van der Waals surface area (Å²) in [6.45, 7) is 2.80. The van der Waals surface area contributed by atoms with Crippen molar-refractivity contribution in [3.63, 3.8) is 0 Å². The van der Waals surface area contributed by atoms with Crippen molar-refractivity contribution >= 4 is 32.7 Å². The molecule has 0 saturated carbocycles. The monoisotopic (exact) mass is 468 g/mol. The lowest BCUT2D eigenvalue weighted by molar-refractivity contribution is -0.116. The Balaban J connectivity index is 1.46. The van der Waals surface area contributed by atoms with E-state index in [0.29, 0.717) is 35.4 Å². The van der Waals surface area contributed by atoms with Gasteiger partial charge in [-0.25, -0.2) is 13.4 Å². The van der Waals surface area contributed by atoms with Gasteiger partial charge in [0, 0.05) is 31.6 Å². The number of fused-ring (bicyclic) bond motifs is 1. The van der Waals surface area contributed by atoms with E-state index in [1.54, 1.807) is 35.5 Å². The number of nitrogens with one attached hydrogen (secondary N) is 2. The van der Waals surface area contributed by atoms with Crippen LogP contribution in [0.2, 0.25) is 0 Å². The minimum Gasteiger partial charge on any atom is -0.326 e. The Morgan fingerprint density at radius 1 is 1.09 bits per heavy atom. The minimum atomic E-state index is -3.63. The SMILES string of the molecule is Cc1ccc(NC(=O)CCc2nc3ccccc3[nH]c2=O)cc1S(=O)(=O)N1CCCCCC1. The van der Waals surface area contributed by atoms with E-state index in [-0.39, 0.29) is 34.9 Å². The number of aryl methyl sites for hydroxylation is 2. The molecule has 9 heteroatoms. The lowest BCUT2D eigenvalue weighted by Gasteiger charge is -2.21. The van der Waals surface area contributed by atoms with E-state index in [1.165, 1.54) is 6.07 Å². The molecule has 33 heavy (non-hydrogen) atoms. The molecule has 1 fully saturated rings. The summed E-state index contributed by atoms with van der Waals surface area (Å²) in [7, 11) is -3.63. The normalized spacial score (nSPS) is 15.3. The largest absolute Gasteiger partial charge is 0.326 e. The van der Waals surface area contributed by atoms with Crippen molar-refractivity contribution < 1.29 is 13.2 Å². The minimum absolute atomic E-state index is 0.0521. The van der Waals surface area contributed by atoms with Crippen LogP contribution < -0.4 is 10.9 Å². The van der Waals surface area contributed by atoms with Crippen molar-refractivity contribution in [2.24, 2.45) is 0 Å². The number of rotatable bonds is 6. The molecule has 1 aliphatic rings. The Kier molecular flexibility index (Phi) is 6.90. The predicted molar refractivity (Wildman–Crippen MR) is 128 cm³/mol. The summed E-state index contributed by atoms with van der Waals surface area (Å²) in [4.78, 5) is 32.1. The van der Waals surface area contributed by atoms with Gasteiger partial charge >= 0.3 is 0 Å². The number of carbonyl (C=O) groups is 1. The summed E-state index contributed by atoms with van der Waals surface area (Å²) in [5.41, 5.74) is 2.34. The van der Waals surface area contributed by atoms with Gasteiger partial charge in [0.2, 0.25) is 15.9 Å². The van der Waals surface area contributed by atoms with Gasteiger partial charge in [0.1, 0.15) is 5.69 Å². The van der Waals surface area contributed by atoms with Crippen LogP contribution in [0.1, 0.15) is 43.4 Å². The summed E-state index contributed by atoms with van der Waals surface area (Å²) in [6, 6.07) is 12.1. The molecular formula is C24H28N4O4S. The molecule has 0 radical (unpaired) electrons. The molecular weight excluding hydrogens is 440 g/mol. The number of aromatic amines is 1. The number of hydrogen-bond donors (Lipinski definition) is 2. The highest BCUT2D eigenvalue weighted by molar-refractivity contribution is 7.89. The summed E-state index contributed by atoms with van der Waals surface area (Å²) < 4.78 is 28.0. The zero-order valence-corrected chi connectivity index (χ0v) is 19.5. The summed E-state index contributed by atoms with van der Waals surface area (Å²) in [5, 5.41) is 2.76. The Hall–Kier alpha value is -3.04. The molecule has 1 aliphatic heterocycles. The highest BCUT2D eigenvalue weighted by atomic mass is 32.2. The van der Waals surface area contributed by atoms with Crippen LogP contribution in [0.5, 0.6) is 0 Å². The third-order valence-electron chi connectivity index (χ3n) is 5.91. The fourth-order valence-electron chi connectivity index (χ4n) is 4.07. The highest BCUT2D eigenvalue weighted by Crippen LogP contribution is 2.26. The average Bonchev–Trinajstić information content (AvgIpc) is 3.09. The van der Waals surface area contributed by atoms with E-state index in [0.717, 1.165) is 25.7 Å². The van der Waals surface area contributed by atoms with Gasteiger partial charge in [-0.2, -0.15) is 4.31 Å². The van der Waals surface area contributed by atoms with Crippen LogP contribution in [0.4, 0.5) is 5.69 Å². The van der Waals surface area contributed by atoms with Gasteiger partial charge < -0.3 is 10.3 Å². The van der Waals surface area contributed by atoms with Crippen LogP contribution >= 0.6 is 0 Å². The average molecular weight is 469 g/mol. The number of aromatic nitrogens is 2.